The lowest BCUT2D eigenvalue weighted by molar-refractivity contribution is -0.144. The Hall–Kier alpha value is -1.10. The van der Waals surface area contributed by atoms with Crippen LogP contribution in [0.1, 0.15) is 13.3 Å². The molecule has 0 saturated heterocycles. The molecule has 70 valence electrons. The minimum absolute atomic E-state index is 0.139. The van der Waals surface area contributed by atoms with Crippen LogP contribution in [-0.2, 0) is 9.59 Å². The van der Waals surface area contributed by atoms with E-state index >= 15 is 0 Å². The molecule has 0 aliphatic rings. The molecule has 0 bridgehead atoms. The molecule has 12 heavy (non-hydrogen) atoms. The van der Waals surface area contributed by atoms with Gasteiger partial charge < -0.3 is 10.8 Å². The Kier molecular flexibility index (Phi) is 4.28. The highest BCUT2D eigenvalue weighted by Crippen LogP contribution is 2.00. The molecule has 0 radical (unpaired) electrons. The number of nitrogens with two attached hydrogens (primary N) is 1. The van der Waals surface area contributed by atoms with Crippen LogP contribution < -0.4 is 5.73 Å². The number of primary amides is 1. The zero-order valence-corrected chi connectivity index (χ0v) is 7.28. The Bertz CT molecular complexity index is 181. The predicted octanol–water partition coefficient (Wildman–Crippen LogP) is -0.733. The van der Waals surface area contributed by atoms with Gasteiger partial charge >= 0.3 is 5.97 Å². The van der Waals surface area contributed by atoms with Crippen LogP contribution in [0.5, 0.6) is 0 Å². The van der Waals surface area contributed by atoms with E-state index in [0.717, 1.165) is 0 Å². The van der Waals surface area contributed by atoms with Gasteiger partial charge in [0.1, 0.15) is 6.04 Å². The number of aliphatic carboxylic acids is 1. The molecule has 5 nitrogen and oxygen atoms in total. The highest BCUT2D eigenvalue weighted by molar-refractivity contribution is 5.83. The quantitative estimate of drug-likeness (QED) is 0.575. The molecule has 0 aromatic carbocycles. The summed E-state index contributed by atoms with van der Waals surface area (Å²) in [6.07, 6.45) is -0.139. The molecular formula is C7H14N2O3. The van der Waals surface area contributed by atoms with Gasteiger partial charge in [0.15, 0.2) is 0 Å². The zero-order chi connectivity index (χ0) is 9.72. The fourth-order valence-corrected chi connectivity index (χ4v) is 0.843. The number of carbonyl (C=O) groups is 2. The van der Waals surface area contributed by atoms with Crippen molar-refractivity contribution in [1.29, 1.82) is 0 Å². The summed E-state index contributed by atoms with van der Waals surface area (Å²) < 4.78 is 0. The van der Waals surface area contributed by atoms with Gasteiger partial charge in [0.25, 0.3) is 0 Å². The van der Waals surface area contributed by atoms with Crippen LogP contribution in [0.15, 0.2) is 0 Å². The van der Waals surface area contributed by atoms with E-state index in [1.54, 1.807) is 11.9 Å². The summed E-state index contributed by atoms with van der Waals surface area (Å²) in [6.45, 7) is 2.39. The molecule has 3 N–H and O–H groups in total. The summed E-state index contributed by atoms with van der Waals surface area (Å²) in [6, 6.07) is -0.799. The van der Waals surface area contributed by atoms with E-state index in [9.17, 15) is 9.59 Å². The summed E-state index contributed by atoms with van der Waals surface area (Å²) in [5.74, 6) is -1.61. The first-order valence-corrected chi connectivity index (χ1v) is 3.70. The van der Waals surface area contributed by atoms with Crippen molar-refractivity contribution in [3.8, 4) is 0 Å². The van der Waals surface area contributed by atoms with Gasteiger partial charge in [-0.15, -0.1) is 0 Å². The number of carboxylic acid groups (broad SMARTS) is 1. The smallest absolute Gasteiger partial charge is 0.321 e. The number of amides is 1. The van der Waals surface area contributed by atoms with Crippen LogP contribution in [-0.4, -0.2) is 41.5 Å². The fourth-order valence-electron chi connectivity index (χ4n) is 0.843. The summed E-state index contributed by atoms with van der Waals surface area (Å²) in [5, 5.41) is 8.67. The van der Waals surface area contributed by atoms with Crippen molar-refractivity contribution in [1.82, 2.24) is 4.90 Å². The number of carboxylic acids is 1. The first-order valence-electron chi connectivity index (χ1n) is 3.70. The molecule has 0 aromatic heterocycles. The number of likely N-dealkylation sites (N-methyl/N-ethyl adjacent to an activating group) is 1. The van der Waals surface area contributed by atoms with Crippen LogP contribution in [0.25, 0.3) is 0 Å². The maximum Gasteiger partial charge on any atom is 0.321 e. The average Bonchev–Trinajstić information content (AvgIpc) is 1.98. The molecule has 5 heteroatoms. The lowest BCUT2D eigenvalue weighted by atomic mass is 10.2. The number of carbonyl (C=O) groups excluding carboxylic acids is 1. The molecular weight excluding hydrogens is 160 g/mol. The average molecular weight is 174 g/mol. The summed E-state index contributed by atoms with van der Waals surface area (Å²) in [7, 11) is 1.64. The Labute approximate surface area is 71.1 Å². The maximum atomic E-state index is 10.6. The van der Waals surface area contributed by atoms with Crippen molar-refractivity contribution in [3.63, 3.8) is 0 Å². The van der Waals surface area contributed by atoms with Gasteiger partial charge in [0.05, 0.1) is 6.42 Å². The molecule has 0 rings (SSSR count). The van der Waals surface area contributed by atoms with E-state index in [0.29, 0.717) is 6.54 Å². The number of rotatable bonds is 5. The zero-order valence-electron chi connectivity index (χ0n) is 7.28. The van der Waals surface area contributed by atoms with Crippen molar-refractivity contribution >= 4 is 11.9 Å². The van der Waals surface area contributed by atoms with E-state index < -0.39 is 17.9 Å². The Morgan fingerprint density at radius 3 is 2.33 bits per heavy atom. The van der Waals surface area contributed by atoms with Gasteiger partial charge in [-0.25, -0.2) is 0 Å². The lowest BCUT2D eigenvalue weighted by Crippen LogP contribution is -2.41. The summed E-state index contributed by atoms with van der Waals surface area (Å²) in [5.41, 5.74) is 4.89. The van der Waals surface area contributed by atoms with Crippen LogP contribution in [0, 0.1) is 0 Å². The topological polar surface area (TPSA) is 83.6 Å². The van der Waals surface area contributed by atoms with E-state index in [1.807, 2.05) is 6.92 Å². The molecule has 0 heterocycles. The number of nitrogens with zero attached hydrogens (tertiary/aromatic N) is 1. The summed E-state index contributed by atoms with van der Waals surface area (Å²) >= 11 is 0. The Morgan fingerprint density at radius 2 is 2.08 bits per heavy atom. The maximum absolute atomic E-state index is 10.6. The highest BCUT2D eigenvalue weighted by Gasteiger charge is 2.23. The third kappa shape index (κ3) is 3.34. The van der Waals surface area contributed by atoms with Crippen molar-refractivity contribution in [3.05, 3.63) is 0 Å². The van der Waals surface area contributed by atoms with Gasteiger partial charge in [0.2, 0.25) is 5.91 Å². The van der Waals surface area contributed by atoms with Crippen molar-refractivity contribution in [2.75, 3.05) is 13.6 Å². The minimum Gasteiger partial charge on any atom is -0.480 e. The standard InChI is InChI=1S/C7H14N2O3/c1-3-9(2)5(7(11)12)4-6(8)10/h5H,3-4H2,1-2H3,(H2,8,10)(H,11,12). The predicted molar refractivity (Wildman–Crippen MR) is 43.5 cm³/mol. The van der Waals surface area contributed by atoms with Gasteiger partial charge in [-0.1, -0.05) is 6.92 Å². The molecule has 0 aromatic rings. The normalized spacial score (nSPS) is 12.9. The van der Waals surface area contributed by atoms with E-state index in [4.69, 9.17) is 10.8 Å². The molecule has 0 fully saturated rings. The van der Waals surface area contributed by atoms with Crippen LogP contribution >= 0.6 is 0 Å². The summed E-state index contributed by atoms with van der Waals surface area (Å²) in [4.78, 5) is 22.6. The minimum atomic E-state index is -1.02. The van der Waals surface area contributed by atoms with Gasteiger partial charge in [-0.05, 0) is 13.6 Å². The van der Waals surface area contributed by atoms with Gasteiger partial charge in [-0.3, -0.25) is 14.5 Å². The monoisotopic (exact) mass is 174 g/mol. The third-order valence-electron chi connectivity index (χ3n) is 1.71. The second-order valence-electron chi connectivity index (χ2n) is 2.60. The molecule has 0 spiro atoms. The van der Waals surface area contributed by atoms with Crippen LogP contribution in [0.4, 0.5) is 0 Å². The van der Waals surface area contributed by atoms with E-state index in [1.165, 1.54) is 0 Å². The fraction of sp³-hybridized carbons (Fsp3) is 0.714. The number of hydrogen-bond acceptors (Lipinski definition) is 3. The number of hydrogen-bond donors (Lipinski definition) is 2. The molecule has 0 saturated carbocycles. The van der Waals surface area contributed by atoms with Gasteiger partial charge in [-0.2, -0.15) is 0 Å². The van der Waals surface area contributed by atoms with Crippen LogP contribution in [0.2, 0.25) is 0 Å². The second kappa shape index (κ2) is 4.71. The van der Waals surface area contributed by atoms with Gasteiger partial charge in [0, 0.05) is 0 Å². The molecule has 0 aliphatic carbocycles. The van der Waals surface area contributed by atoms with E-state index in [-0.39, 0.29) is 6.42 Å². The lowest BCUT2D eigenvalue weighted by Gasteiger charge is -2.21. The molecule has 1 atom stereocenters. The largest absolute Gasteiger partial charge is 0.480 e. The Balaban J connectivity index is 4.22. The van der Waals surface area contributed by atoms with Crippen molar-refractivity contribution in [2.24, 2.45) is 5.73 Å². The van der Waals surface area contributed by atoms with E-state index in [2.05, 4.69) is 0 Å². The highest BCUT2D eigenvalue weighted by atomic mass is 16.4. The molecule has 1 amide bonds. The SMILES string of the molecule is CCN(C)C(CC(N)=O)C(=O)O. The molecule has 1 unspecified atom stereocenters. The first-order chi connectivity index (χ1) is 5.49. The third-order valence-corrected chi connectivity index (χ3v) is 1.71. The van der Waals surface area contributed by atoms with Crippen molar-refractivity contribution in [2.45, 2.75) is 19.4 Å². The Morgan fingerprint density at radius 1 is 1.58 bits per heavy atom. The molecule has 0 aliphatic heterocycles. The van der Waals surface area contributed by atoms with Crippen LogP contribution in [0.3, 0.4) is 0 Å². The van der Waals surface area contributed by atoms with Crippen molar-refractivity contribution < 1.29 is 14.7 Å². The first kappa shape index (κ1) is 10.9. The second-order valence-corrected chi connectivity index (χ2v) is 2.60.